The maximum Gasteiger partial charge on any atom is 0.148 e. The number of carbonyl (C=O) groups is 1. The fourth-order valence-electron chi connectivity index (χ4n) is 0.817. The van der Waals surface area contributed by atoms with E-state index in [9.17, 15) is 4.79 Å². The van der Waals surface area contributed by atoms with Crippen LogP contribution in [0.15, 0.2) is 0 Å². The van der Waals surface area contributed by atoms with Crippen LogP contribution in [0, 0.1) is 11.8 Å². The fraction of sp³-hybridized carbons (Fsp3) is 0.700. The minimum Gasteiger partial charge on any atom is -0.358 e. The number of hydrogen-bond donors (Lipinski definition) is 0. The molecule has 0 rings (SSSR count). The molecule has 0 bridgehead atoms. The van der Waals surface area contributed by atoms with Gasteiger partial charge in [-0.1, -0.05) is 25.7 Å². The normalized spacial score (nSPS) is 11.5. The van der Waals surface area contributed by atoms with Crippen LogP contribution >= 0.6 is 0 Å². The lowest BCUT2D eigenvalue weighted by Gasteiger charge is -2.07. The molecule has 0 heterocycles. The molecule has 0 aromatic rings. The Morgan fingerprint density at radius 2 is 2.33 bits per heavy atom. The van der Waals surface area contributed by atoms with Gasteiger partial charge >= 0.3 is 0 Å². The molecule has 12 heavy (non-hydrogen) atoms. The van der Waals surface area contributed by atoms with E-state index < -0.39 is 0 Å². The van der Waals surface area contributed by atoms with E-state index in [1.807, 2.05) is 0 Å². The minimum absolute atomic E-state index is 0.259. The summed E-state index contributed by atoms with van der Waals surface area (Å²) in [5.74, 6) is 5.47. The van der Waals surface area contributed by atoms with Gasteiger partial charge in [-0.2, -0.15) is 0 Å². The van der Waals surface area contributed by atoms with Crippen molar-refractivity contribution in [2.24, 2.45) is 0 Å². The Hall–Kier alpha value is -0.810. The zero-order chi connectivity index (χ0) is 9.23. The van der Waals surface area contributed by atoms with E-state index in [4.69, 9.17) is 4.74 Å². The van der Waals surface area contributed by atoms with Crippen LogP contribution in [0.5, 0.6) is 0 Å². The van der Waals surface area contributed by atoms with Gasteiger partial charge in [0.25, 0.3) is 0 Å². The predicted molar refractivity (Wildman–Crippen MR) is 48.8 cm³/mol. The van der Waals surface area contributed by atoms with Crippen molar-refractivity contribution < 1.29 is 9.53 Å². The molecule has 0 aromatic carbocycles. The molecule has 1 atom stereocenters. The number of aldehydes is 1. The number of carbonyl (C=O) groups excluding carboxylic acids is 1. The highest BCUT2D eigenvalue weighted by Crippen LogP contribution is 2.01. The van der Waals surface area contributed by atoms with E-state index in [-0.39, 0.29) is 6.10 Å². The fourth-order valence-corrected chi connectivity index (χ4v) is 0.817. The second-order valence-electron chi connectivity index (χ2n) is 2.55. The van der Waals surface area contributed by atoms with Crippen LogP contribution in [-0.2, 0) is 9.53 Å². The van der Waals surface area contributed by atoms with E-state index in [0.717, 1.165) is 25.5 Å². The molecule has 0 amide bonds. The Morgan fingerprint density at radius 3 is 2.83 bits per heavy atom. The molecule has 0 aliphatic carbocycles. The van der Waals surface area contributed by atoms with Gasteiger partial charge in [0.05, 0.1) is 0 Å². The first-order chi connectivity index (χ1) is 5.85. The van der Waals surface area contributed by atoms with Crippen molar-refractivity contribution in [2.75, 3.05) is 6.61 Å². The molecule has 0 aliphatic rings. The first kappa shape index (κ1) is 11.2. The molecule has 0 N–H and O–H groups in total. The summed E-state index contributed by atoms with van der Waals surface area (Å²) in [5, 5.41) is 0. The molecule has 0 saturated carbocycles. The van der Waals surface area contributed by atoms with Crippen LogP contribution in [0.4, 0.5) is 0 Å². The molecule has 0 unspecified atom stereocenters. The molecule has 0 spiro atoms. The van der Waals surface area contributed by atoms with Crippen molar-refractivity contribution in [1.29, 1.82) is 0 Å². The first-order valence-corrected chi connectivity index (χ1v) is 4.31. The third-order valence-corrected chi connectivity index (χ3v) is 1.54. The van der Waals surface area contributed by atoms with Crippen LogP contribution in [0.1, 0.15) is 33.1 Å². The lowest BCUT2D eigenvalue weighted by molar-refractivity contribution is -0.117. The van der Waals surface area contributed by atoms with Crippen LogP contribution in [0.25, 0.3) is 0 Å². The van der Waals surface area contributed by atoms with Gasteiger partial charge in [0, 0.05) is 0 Å². The van der Waals surface area contributed by atoms with Gasteiger partial charge in [-0.25, -0.2) is 0 Å². The standard InChI is InChI=1S/C10H16O2/c1-3-5-7-10(9-11)12-8-6-4-2/h9-10H,3,5,7-8H2,1-2H3/t10-/m0/s1. The van der Waals surface area contributed by atoms with Crippen LogP contribution in [-0.4, -0.2) is 19.0 Å². The second kappa shape index (κ2) is 8.29. The van der Waals surface area contributed by atoms with Gasteiger partial charge in [0.2, 0.25) is 0 Å². The van der Waals surface area contributed by atoms with Crippen molar-refractivity contribution in [3.05, 3.63) is 0 Å². The van der Waals surface area contributed by atoms with E-state index >= 15 is 0 Å². The molecule has 0 saturated heterocycles. The summed E-state index contributed by atoms with van der Waals surface area (Å²) < 4.78 is 5.19. The number of ether oxygens (including phenoxy) is 1. The summed E-state index contributed by atoms with van der Waals surface area (Å²) in [4.78, 5) is 10.4. The highest BCUT2D eigenvalue weighted by molar-refractivity contribution is 5.55. The molecule has 2 nitrogen and oxygen atoms in total. The summed E-state index contributed by atoms with van der Waals surface area (Å²) >= 11 is 0. The van der Waals surface area contributed by atoms with E-state index in [2.05, 4.69) is 18.8 Å². The lowest BCUT2D eigenvalue weighted by atomic mass is 10.2. The number of hydrogen-bond acceptors (Lipinski definition) is 2. The Kier molecular flexibility index (Phi) is 7.73. The molecule has 0 aromatic heterocycles. The van der Waals surface area contributed by atoms with Gasteiger partial charge in [-0.05, 0) is 13.3 Å². The van der Waals surface area contributed by atoms with Gasteiger partial charge in [-0.15, -0.1) is 5.92 Å². The van der Waals surface area contributed by atoms with Crippen molar-refractivity contribution in [3.63, 3.8) is 0 Å². The summed E-state index contributed by atoms with van der Waals surface area (Å²) in [6.07, 6.45) is 3.53. The van der Waals surface area contributed by atoms with Gasteiger partial charge in [-0.3, -0.25) is 0 Å². The van der Waals surface area contributed by atoms with Crippen molar-refractivity contribution in [3.8, 4) is 11.8 Å². The SMILES string of the molecule is CC#CCO[C@H](C=O)CCCC. The maximum absolute atomic E-state index is 10.4. The average molecular weight is 168 g/mol. The van der Waals surface area contributed by atoms with E-state index in [0.29, 0.717) is 6.61 Å². The molecular formula is C10H16O2. The predicted octanol–water partition coefficient (Wildman–Crippen LogP) is 1.78. The monoisotopic (exact) mass is 168 g/mol. The summed E-state index contributed by atoms with van der Waals surface area (Å²) in [6.45, 7) is 4.21. The summed E-state index contributed by atoms with van der Waals surface area (Å²) in [6, 6.07) is 0. The Balaban J connectivity index is 3.50. The second-order valence-corrected chi connectivity index (χ2v) is 2.55. The maximum atomic E-state index is 10.4. The zero-order valence-electron chi connectivity index (χ0n) is 7.80. The van der Waals surface area contributed by atoms with Crippen LogP contribution in [0.2, 0.25) is 0 Å². The Morgan fingerprint density at radius 1 is 1.58 bits per heavy atom. The van der Waals surface area contributed by atoms with Gasteiger partial charge in [0.1, 0.15) is 19.0 Å². The molecule has 0 fully saturated rings. The molecule has 0 radical (unpaired) electrons. The molecular weight excluding hydrogens is 152 g/mol. The zero-order valence-corrected chi connectivity index (χ0v) is 7.80. The molecule has 0 aliphatic heterocycles. The third kappa shape index (κ3) is 5.94. The highest BCUT2D eigenvalue weighted by Gasteiger charge is 2.04. The topological polar surface area (TPSA) is 26.3 Å². The Bertz CT molecular complexity index is 164. The lowest BCUT2D eigenvalue weighted by Crippen LogP contribution is -2.14. The summed E-state index contributed by atoms with van der Waals surface area (Å²) in [5.41, 5.74) is 0. The number of rotatable bonds is 6. The first-order valence-electron chi connectivity index (χ1n) is 4.31. The molecule has 2 heteroatoms. The summed E-state index contributed by atoms with van der Waals surface area (Å²) in [7, 11) is 0. The van der Waals surface area contributed by atoms with Crippen molar-refractivity contribution in [2.45, 2.75) is 39.2 Å². The van der Waals surface area contributed by atoms with Crippen LogP contribution < -0.4 is 0 Å². The quantitative estimate of drug-likeness (QED) is 0.446. The van der Waals surface area contributed by atoms with Crippen molar-refractivity contribution in [1.82, 2.24) is 0 Å². The van der Waals surface area contributed by atoms with Gasteiger partial charge in [0.15, 0.2) is 0 Å². The third-order valence-electron chi connectivity index (χ3n) is 1.54. The van der Waals surface area contributed by atoms with E-state index in [1.165, 1.54) is 0 Å². The number of unbranched alkanes of at least 4 members (excludes halogenated alkanes) is 1. The van der Waals surface area contributed by atoms with E-state index in [1.54, 1.807) is 6.92 Å². The smallest absolute Gasteiger partial charge is 0.148 e. The van der Waals surface area contributed by atoms with Crippen LogP contribution in [0.3, 0.4) is 0 Å². The average Bonchev–Trinajstić information content (AvgIpc) is 2.11. The minimum atomic E-state index is -0.259. The Labute approximate surface area is 74.3 Å². The largest absolute Gasteiger partial charge is 0.358 e. The molecule has 68 valence electrons. The van der Waals surface area contributed by atoms with Crippen molar-refractivity contribution >= 4 is 6.29 Å². The highest BCUT2D eigenvalue weighted by atomic mass is 16.5. The van der Waals surface area contributed by atoms with Gasteiger partial charge < -0.3 is 9.53 Å².